The first-order valence-electron chi connectivity index (χ1n) is 5.33. The van der Waals surface area contributed by atoms with Crippen molar-refractivity contribution >= 4 is 15.9 Å². The third kappa shape index (κ3) is 2.01. The van der Waals surface area contributed by atoms with Gasteiger partial charge in [-0.15, -0.1) is 0 Å². The van der Waals surface area contributed by atoms with E-state index in [9.17, 15) is 0 Å². The van der Waals surface area contributed by atoms with Crippen molar-refractivity contribution in [2.45, 2.75) is 32.2 Å². The normalized spacial score (nSPS) is 20.6. The molecule has 1 N–H and O–H groups in total. The van der Waals surface area contributed by atoms with E-state index in [4.69, 9.17) is 0 Å². The van der Waals surface area contributed by atoms with E-state index in [0.29, 0.717) is 6.04 Å². The summed E-state index contributed by atoms with van der Waals surface area (Å²) in [5.41, 5.74) is 3.01. The number of nitrogens with one attached hydrogen (secondary N) is 1. The molecule has 0 fully saturated rings. The van der Waals surface area contributed by atoms with Gasteiger partial charge < -0.3 is 5.32 Å². The molecule has 0 aliphatic carbocycles. The molecule has 1 aromatic rings. The van der Waals surface area contributed by atoms with E-state index in [-0.39, 0.29) is 0 Å². The maximum atomic E-state index is 3.58. The van der Waals surface area contributed by atoms with Crippen molar-refractivity contribution in [3.8, 4) is 0 Å². The molecule has 1 atom stereocenters. The lowest BCUT2D eigenvalue weighted by Gasteiger charge is -2.26. The van der Waals surface area contributed by atoms with E-state index < -0.39 is 0 Å². The largest absolute Gasteiger partial charge is 0.310 e. The Kier molecular flexibility index (Phi) is 3.24. The Bertz CT molecular complexity index is 322. The molecule has 1 aliphatic heterocycles. The van der Waals surface area contributed by atoms with Crippen LogP contribution in [0, 0.1) is 0 Å². The second-order valence-corrected chi connectivity index (χ2v) is 4.80. The molecule has 0 saturated carbocycles. The van der Waals surface area contributed by atoms with Gasteiger partial charge in [-0.05, 0) is 42.6 Å². The van der Waals surface area contributed by atoms with Gasteiger partial charge in [-0.25, -0.2) is 0 Å². The first kappa shape index (κ1) is 10.2. The maximum absolute atomic E-state index is 3.58. The van der Waals surface area contributed by atoms with Crippen LogP contribution in [0.4, 0.5) is 0 Å². The van der Waals surface area contributed by atoms with Crippen molar-refractivity contribution in [2.75, 3.05) is 6.54 Å². The second-order valence-electron chi connectivity index (χ2n) is 3.89. The summed E-state index contributed by atoms with van der Waals surface area (Å²) in [6.07, 6.45) is 3.65. The summed E-state index contributed by atoms with van der Waals surface area (Å²) in [6, 6.07) is 7.24. The molecule has 2 rings (SSSR count). The molecule has 1 nitrogen and oxygen atoms in total. The van der Waals surface area contributed by atoms with Crippen LogP contribution in [0.3, 0.4) is 0 Å². The number of hydrogen-bond donors (Lipinski definition) is 1. The van der Waals surface area contributed by atoms with Gasteiger partial charge in [0.1, 0.15) is 0 Å². The van der Waals surface area contributed by atoms with E-state index in [0.717, 1.165) is 6.54 Å². The van der Waals surface area contributed by atoms with Crippen molar-refractivity contribution < 1.29 is 0 Å². The maximum Gasteiger partial charge on any atom is 0.0323 e. The minimum atomic E-state index is 0.571. The molecule has 0 amide bonds. The lowest BCUT2D eigenvalue weighted by Crippen LogP contribution is -2.29. The molecule has 2 heteroatoms. The molecule has 1 aromatic carbocycles. The van der Waals surface area contributed by atoms with Crippen LogP contribution in [0.25, 0.3) is 0 Å². The average Bonchev–Trinajstić information content (AvgIpc) is 2.19. The van der Waals surface area contributed by atoms with Gasteiger partial charge in [0.2, 0.25) is 0 Å². The van der Waals surface area contributed by atoms with Gasteiger partial charge >= 0.3 is 0 Å². The van der Waals surface area contributed by atoms with Gasteiger partial charge in [-0.1, -0.05) is 35.3 Å². The van der Waals surface area contributed by atoms with Crippen LogP contribution in [0.2, 0.25) is 0 Å². The predicted octanol–water partition coefficient (Wildman–Crippen LogP) is 3.44. The minimum absolute atomic E-state index is 0.571. The lowest BCUT2D eigenvalue weighted by molar-refractivity contribution is 0.471. The topological polar surface area (TPSA) is 12.0 Å². The fraction of sp³-hybridized carbons (Fsp3) is 0.500. The summed E-state index contributed by atoms with van der Waals surface area (Å²) >= 11 is 3.54. The van der Waals surface area contributed by atoms with E-state index in [1.54, 1.807) is 0 Å². The van der Waals surface area contributed by atoms with E-state index in [1.807, 2.05) is 0 Å². The van der Waals surface area contributed by atoms with Gasteiger partial charge in [0.25, 0.3) is 0 Å². The zero-order valence-corrected chi connectivity index (χ0v) is 10.1. The average molecular weight is 254 g/mol. The monoisotopic (exact) mass is 253 g/mol. The van der Waals surface area contributed by atoms with E-state index in [1.165, 1.54) is 34.9 Å². The summed E-state index contributed by atoms with van der Waals surface area (Å²) in [6.45, 7) is 3.37. The first-order chi connectivity index (χ1) is 6.81. The minimum Gasteiger partial charge on any atom is -0.310 e. The second kappa shape index (κ2) is 4.45. The summed E-state index contributed by atoms with van der Waals surface area (Å²) < 4.78 is 1.20. The van der Waals surface area contributed by atoms with Crippen LogP contribution in [0.1, 0.15) is 36.9 Å². The fourth-order valence-corrected chi connectivity index (χ4v) is 2.53. The molecular weight excluding hydrogens is 238 g/mol. The standard InChI is InChI=1S/C12H16BrN/c1-2-3-12-11-8-10(13)5-4-9(11)6-7-14-12/h4-5,8,12,14H,2-3,6-7H2,1H3. The van der Waals surface area contributed by atoms with E-state index >= 15 is 0 Å². The quantitative estimate of drug-likeness (QED) is 0.852. The molecule has 0 aromatic heterocycles. The van der Waals surface area contributed by atoms with Crippen LogP contribution in [0.5, 0.6) is 0 Å². The van der Waals surface area contributed by atoms with Gasteiger partial charge in [0, 0.05) is 10.5 Å². The zero-order chi connectivity index (χ0) is 9.97. The molecule has 0 bridgehead atoms. The van der Waals surface area contributed by atoms with Crippen LogP contribution in [0.15, 0.2) is 22.7 Å². The van der Waals surface area contributed by atoms with Gasteiger partial charge in [-0.3, -0.25) is 0 Å². The smallest absolute Gasteiger partial charge is 0.0323 e. The molecule has 0 spiro atoms. The molecular formula is C12H16BrN. The van der Waals surface area contributed by atoms with Crippen molar-refractivity contribution in [1.82, 2.24) is 5.32 Å². The Balaban J connectivity index is 2.32. The van der Waals surface area contributed by atoms with E-state index in [2.05, 4.69) is 46.4 Å². The van der Waals surface area contributed by atoms with Gasteiger partial charge in [0.05, 0.1) is 0 Å². The highest BCUT2D eigenvalue weighted by atomic mass is 79.9. The van der Waals surface area contributed by atoms with Crippen molar-refractivity contribution in [2.24, 2.45) is 0 Å². The SMILES string of the molecule is CCCC1NCCc2ccc(Br)cc21. The highest BCUT2D eigenvalue weighted by molar-refractivity contribution is 9.10. The molecule has 14 heavy (non-hydrogen) atoms. The van der Waals surface area contributed by atoms with Crippen LogP contribution in [-0.2, 0) is 6.42 Å². The Morgan fingerprint density at radius 2 is 2.36 bits per heavy atom. The zero-order valence-electron chi connectivity index (χ0n) is 8.52. The Labute approximate surface area is 94.0 Å². The summed E-state index contributed by atoms with van der Waals surface area (Å²) in [5, 5.41) is 3.58. The predicted molar refractivity (Wildman–Crippen MR) is 63.5 cm³/mol. The Hall–Kier alpha value is -0.340. The highest BCUT2D eigenvalue weighted by Crippen LogP contribution is 2.28. The van der Waals surface area contributed by atoms with Crippen molar-refractivity contribution in [3.63, 3.8) is 0 Å². The Morgan fingerprint density at radius 3 is 3.14 bits per heavy atom. The lowest BCUT2D eigenvalue weighted by atomic mass is 9.92. The molecule has 76 valence electrons. The molecule has 1 unspecified atom stereocenters. The van der Waals surface area contributed by atoms with Crippen molar-refractivity contribution in [1.29, 1.82) is 0 Å². The number of rotatable bonds is 2. The summed E-state index contributed by atoms with van der Waals surface area (Å²) in [5.74, 6) is 0. The number of hydrogen-bond acceptors (Lipinski definition) is 1. The molecule has 0 saturated heterocycles. The van der Waals surface area contributed by atoms with Gasteiger partial charge in [-0.2, -0.15) is 0 Å². The summed E-state index contributed by atoms with van der Waals surface area (Å²) in [7, 11) is 0. The number of halogens is 1. The summed E-state index contributed by atoms with van der Waals surface area (Å²) in [4.78, 5) is 0. The number of benzene rings is 1. The third-order valence-electron chi connectivity index (χ3n) is 2.85. The van der Waals surface area contributed by atoms with Crippen LogP contribution >= 0.6 is 15.9 Å². The fourth-order valence-electron chi connectivity index (χ4n) is 2.16. The molecule has 1 aliphatic rings. The number of fused-ring (bicyclic) bond motifs is 1. The highest BCUT2D eigenvalue weighted by Gasteiger charge is 2.18. The molecule has 1 heterocycles. The molecule has 0 radical (unpaired) electrons. The first-order valence-corrected chi connectivity index (χ1v) is 6.12. The van der Waals surface area contributed by atoms with Gasteiger partial charge in [0.15, 0.2) is 0 Å². The van der Waals surface area contributed by atoms with Crippen LogP contribution < -0.4 is 5.32 Å². The van der Waals surface area contributed by atoms with Crippen LogP contribution in [-0.4, -0.2) is 6.54 Å². The Morgan fingerprint density at radius 1 is 1.50 bits per heavy atom. The third-order valence-corrected chi connectivity index (χ3v) is 3.34. The van der Waals surface area contributed by atoms with Crippen molar-refractivity contribution in [3.05, 3.63) is 33.8 Å².